The molecule has 4 rings (SSSR count). The second-order valence-electron chi connectivity index (χ2n) is 7.23. The van der Waals surface area contributed by atoms with E-state index in [2.05, 4.69) is 15.6 Å². The number of aromatic nitrogens is 1. The topological polar surface area (TPSA) is 96.7 Å². The lowest BCUT2D eigenvalue weighted by molar-refractivity contribution is 0.0963. The Kier molecular flexibility index (Phi) is 5.56. The molecule has 1 atom stereocenters. The summed E-state index contributed by atoms with van der Waals surface area (Å²) in [6.07, 6.45) is 1.76. The number of methoxy groups -OCH3 is 1. The first-order chi connectivity index (χ1) is 14.6. The fourth-order valence-electron chi connectivity index (χ4n) is 3.71. The molecule has 156 valence electrons. The maximum absolute atomic E-state index is 12.9. The predicted octanol–water partition coefficient (Wildman–Crippen LogP) is 3.61. The largest absolute Gasteiger partial charge is 0.495 e. The molecule has 8 heteroatoms. The number of amides is 3. The Bertz CT molecular complexity index is 1040. The Morgan fingerprint density at radius 1 is 1.23 bits per heavy atom. The van der Waals surface area contributed by atoms with Crippen molar-refractivity contribution >= 4 is 28.7 Å². The van der Waals surface area contributed by atoms with Gasteiger partial charge in [-0.1, -0.05) is 12.1 Å². The number of piperidine rings is 1. The molecule has 0 aliphatic carbocycles. The van der Waals surface area contributed by atoms with E-state index in [1.165, 1.54) is 7.11 Å². The third kappa shape index (κ3) is 3.94. The average molecular weight is 408 g/mol. The first kappa shape index (κ1) is 19.8. The van der Waals surface area contributed by atoms with E-state index in [9.17, 15) is 9.59 Å². The van der Waals surface area contributed by atoms with Crippen LogP contribution in [0.3, 0.4) is 0 Å². The highest BCUT2D eigenvalue weighted by Gasteiger charge is 2.28. The van der Waals surface area contributed by atoms with Gasteiger partial charge in [-0.05, 0) is 43.2 Å². The number of carbonyl (C=O) groups excluding carboxylic acids is 2. The molecule has 1 aliphatic rings. The maximum Gasteiger partial charge on any atom is 0.321 e. The van der Waals surface area contributed by atoms with E-state index in [1.54, 1.807) is 30.1 Å². The van der Waals surface area contributed by atoms with Crippen LogP contribution in [-0.4, -0.2) is 49.1 Å². The number of hydrogen-bond acceptors (Lipinski definition) is 5. The van der Waals surface area contributed by atoms with Gasteiger partial charge in [0.1, 0.15) is 11.3 Å². The van der Waals surface area contributed by atoms with E-state index >= 15 is 0 Å². The molecule has 3 amide bonds. The molecule has 0 radical (unpaired) electrons. The summed E-state index contributed by atoms with van der Waals surface area (Å²) in [5.74, 6) is 0.953. The average Bonchev–Trinajstić information content (AvgIpc) is 3.23. The van der Waals surface area contributed by atoms with Crippen molar-refractivity contribution in [3.05, 3.63) is 53.9 Å². The van der Waals surface area contributed by atoms with Gasteiger partial charge in [0.05, 0.1) is 18.7 Å². The Labute approximate surface area is 174 Å². The van der Waals surface area contributed by atoms with Crippen LogP contribution >= 0.6 is 0 Å². The summed E-state index contributed by atoms with van der Waals surface area (Å²) in [5, 5.41) is 5.46. The van der Waals surface area contributed by atoms with Crippen LogP contribution in [0, 0.1) is 0 Å². The molecule has 0 spiro atoms. The normalized spacial score (nSPS) is 16.3. The van der Waals surface area contributed by atoms with Gasteiger partial charge in [0.25, 0.3) is 5.91 Å². The summed E-state index contributed by atoms with van der Waals surface area (Å²) < 4.78 is 11.2. The highest BCUT2D eigenvalue weighted by atomic mass is 16.5. The van der Waals surface area contributed by atoms with E-state index in [0.717, 1.165) is 23.9 Å². The molecule has 1 saturated heterocycles. The van der Waals surface area contributed by atoms with Crippen LogP contribution in [-0.2, 0) is 0 Å². The van der Waals surface area contributed by atoms with E-state index in [0.29, 0.717) is 36.0 Å². The van der Waals surface area contributed by atoms with Gasteiger partial charge < -0.3 is 24.7 Å². The van der Waals surface area contributed by atoms with Crippen LogP contribution in [0.2, 0.25) is 0 Å². The number of hydrogen-bond donors (Lipinski definition) is 2. The molecule has 1 aliphatic heterocycles. The van der Waals surface area contributed by atoms with Gasteiger partial charge in [-0.3, -0.25) is 4.79 Å². The number of para-hydroxylation sites is 2. The van der Waals surface area contributed by atoms with Crippen molar-refractivity contribution in [3.8, 4) is 5.75 Å². The minimum Gasteiger partial charge on any atom is -0.495 e. The minimum atomic E-state index is -0.247. The Morgan fingerprint density at radius 3 is 2.83 bits per heavy atom. The molecule has 1 fully saturated rings. The molecule has 2 heterocycles. The quantitative estimate of drug-likeness (QED) is 0.687. The highest BCUT2D eigenvalue weighted by Crippen LogP contribution is 2.30. The Balaban J connectivity index is 1.50. The summed E-state index contributed by atoms with van der Waals surface area (Å²) in [6.45, 7) is 1.15. The SMILES string of the molecule is CNC(=O)c1ccc(OC)c(NC(=O)N2CCCC(c3nc4ccccc4o3)C2)c1. The van der Waals surface area contributed by atoms with Crippen molar-refractivity contribution in [1.82, 2.24) is 15.2 Å². The van der Waals surface area contributed by atoms with Crippen LogP contribution in [0.25, 0.3) is 11.1 Å². The third-order valence-corrected chi connectivity index (χ3v) is 5.30. The molecule has 1 unspecified atom stereocenters. The molecule has 2 N–H and O–H groups in total. The molecule has 0 bridgehead atoms. The van der Waals surface area contributed by atoms with Gasteiger partial charge in [-0.25, -0.2) is 9.78 Å². The van der Waals surface area contributed by atoms with Gasteiger partial charge in [0.2, 0.25) is 0 Å². The van der Waals surface area contributed by atoms with Gasteiger partial charge >= 0.3 is 6.03 Å². The summed E-state index contributed by atoms with van der Waals surface area (Å²) in [6, 6.07) is 12.3. The summed E-state index contributed by atoms with van der Waals surface area (Å²) >= 11 is 0. The number of nitrogens with zero attached hydrogens (tertiary/aromatic N) is 2. The number of rotatable bonds is 4. The van der Waals surface area contributed by atoms with Crippen molar-refractivity contribution in [3.63, 3.8) is 0 Å². The molecule has 1 aromatic heterocycles. The zero-order valence-electron chi connectivity index (χ0n) is 17.0. The lowest BCUT2D eigenvalue weighted by Gasteiger charge is -2.31. The van der Waals surface area contributed by atoms with Crippen molar-refractivity contribution in [2.24, 2.45) is 0 Å². The Morgan fingerprint density at radius 2 is 2.07 bits per heavy atom. The van der Waals surface area contributed by atoms with Gasteiger partial charge in [-0.2, -0.15) is 0 Å². The number of fused-ring (bicyclic) bond motifs is 1. The molecule has 2 aromatic carbocycles. The number of nitrogens with one attached hydrogen (secondary N) is 2. The van der Waals surface area contributed by atoms with E-state index in [1.807, 2.05) is 24.3 Å². The first-order valence-corrected chi connectivity index (χ1v) is 9.90. The molecule has 0 saturated carbocycles. The predicted molar refractivity (Wildman–Crippen MR) is 113 cm³/mol. The number of benzene rings is 2. The molecule has 3 aromatic rings. The number of oxazole rings is 1. The number of anilines is 1. The number of urea groups is 1. The highest BCUT2D eigenvalue weighted by molar-refractivity contribution is 5.98. The second kappa shape index (κ2) is 8.44. The zero-order valence-corrected chi connectivity index (χ0v) is 17.0. The van der Waals surface area contributed by atoms with Crippen LogP contribution in [0.1, 0.15) is 35.0 Å². The second-order valence-corrected chi connectivity index (χ2v) is 7.23. The van der Waals surface area contributed by atoms with Crippen molar-refractivity contribution in [1.29, 1.82) is 0 Å². The lowest BCUT2D eigenvalue weighted by Crippen LogP contribution is -2.41. The minimum absolute atomic E-state index is 0.0380. The van der Waals surface area contributed by atoms with Crippen molar-refractivity contribution < 1.29 is 18.7 Å². The number of carbonyl (C=O) groups is 2. The van der Waals surface area contributed by atoms with Crippen molar-refractivity contribution in [2.75, 3.05) is 32.6 Å². The number of ether oxygens (including phenoxy) is 1. The monoisotopic (exact) mass is 408 g/mol. The van der Waals surface area contributed by atoms with Gasteiger partial charge in [0.15, 0.2) is 11.5 Å². The van der Waals surface area contributed by atoms with Gasteiger partial charge in [-0.15, -0.1) is 0 Å². The van der Waals surface area contributed by atoms with Crippen LogP contribution in [0.15, 0.2) is 46.9 Å². The lowest BCUT2D eigenvalue weighted by atomic mass is 9.98. The third-order valence-electron chi connectivity index (χ3n) is 5.30. The maximum atomic E-state index is 12.9. The van der Waals surface area contributed by atoms with Crippen LogP contribution in [0.4, 0.5) is 10.5 Å². The van der Waals surface area contributed by atoms with E-state index in [4.69, 9.17) is 9.15 Å². The molecule has 30 heavy (non-hydrogen) atoms. The van der Waals surface area contributed by atoms with Gasteiger partial charge in [0, 0.05) is 25.7 Å². The van der Waals surface area contributed by atoms with E-state index < -0.39 is 0 Å². The smallest absolute Gasteiger partial charge is 0.321 e. The zero-order chi connectivity index (χ0) is 21.1. The summed E-state index contributed by atoms with van der Waals surface area (Å²) in [4.78, 5) is 31.2. The molecule has 8 nitrogen and oxygen atoms in total. The Hall–Kier alpha value is -3.55. The van der Waals surface area contributed by atoms with Crippen LogP contribution in [0.5, 0.6) is 5.75 Å². The molecular formula is C22H24N4O4. The number of likely N-dealkylation sites (tertiary alicyclic amines) is 1. The fourth-order valence-corrected chi connectivity index (χ4v) is 3.71. The fraction of sp³-hybridized carbons (Fsp3) is 0.318. The molecular weight excluding hydrogens is 384 g/mol. The van der Waals surface area contributed by atoms with Crippen molar-refractivity contribution in [2.45, 2.75) is 18.8 Å². The first-order valence-electron chi connectivity index (χ1n) is 9.90. The summed E-state index contributed by atoms with van der Waals surface area (Å²) in [5.41, 5.74) is 2.47. The van der Waals surface area contributed by atoms with Crippen LogP contribution < -0.4 is 15.4 Å². The van der Waals surface area contributed by atoms with E-state index in [-0.39, 0.29) is 17.9 Å². The standard InChI is InChI=1S/C22H24N4O4/c1-23-20(27)14-9-10-18(29-2)17(12-14)25-22(28)26-11-5-6-15(13-26)21-24-16-7-3-4-8-19(16)30-21/h3-4,7-10,12,15H,5-6,11,13H2,1-2H3,(H,23,27)(H,25,28). The summed E-state index contributed by atoms with van der Waals surface area (Å²) in [7, 11) is 3.08.